The van der Waals surface area contributed by atoms with Crippen molar-refractivity contribution in [2.45, 2.75) is 19.4 Å². The molecule has 2 heterocycles. The molecule has 7 nitrogen and oxygen atoms in total. The van der Waals surface area contributed by atoms with Gasteiger partial charge in [-0.1, -0.05) is 16.8 Å². The molecule has 0 spiro atoms. The zero-order valence-corrected chi connectivity index (χ0v) is 17.2. The standard InChI is InChI=1S/C22H19ClFN3O4/c23-17-7-3-14(4-8-17)20-25-19(31-26-20)13-30-22(29)16-2-1-11-27(12-16)21(28)15-5-9-18(24)10-6-15/h3-10,16H,1-2,11-13H2. The van der Waals surface area contributed by atoms with Crippen LogP contribution in [0, 0.1) is 11.7 Å². The molecule has 0 saturated carbocycles. The van der Waals surface area contributed by atoms with Gasteiger partial charge in [-0.2, -0.15) is 4.98 Å². The molecule has 1 unspecified atom stereocenters. The van der Waals surface area contributed by atoms with Gasteiger partial charge < -0.3 is 14.2 Å². The van der Waals surface area contributed by atoms with Gasteiger partial charge in [0.2, 0.25) is 5.82 Å². The van der Waals surface area contributed by atoms with Crippen molar-refractivity contribution in [1.82, 2.24) is 15.0 Å². The highest BCUT2D eigenvalue weighted by Gasteiger charge is 2.30. The summed E-state index contributed by atoms with van der Waals surface area (Å²) in [6.07, 6.45) is 1.29. The van der Waals surface area contributed by atoms with E-state index in [4.69, 9.17) is 20.9 Å². The number of nitrogens with zero attached hydrogens (tertiary/aromatic N) is 3. The predicted octanol–water partition coefficient (Wildman–Crippen LogP) is 4.12. The second-order valence-electron chi connectivity index (χ2n) is 7.22. The highest BCUT2D eigenvalue weighted by atomic mass is 35.5. The lowest BCUT2D eigenvalue weighted by atomic mass is 9.97. The first-order valence-electron chi connectivity index (χ1n) is 9.79. The second kappa shape index (κ2) is 9.26. The summed E-state index contributed by atoms with van der Waals surface area (Å²) in [5.74, 6) is -0.969. The van der Waals surface area contributed by atoms with Gasteiger partial charge in [0, 0.05) is 29.2 Å². The van der Waals surface area contributed by atoms with Crippen LogP contribution in [0.3, 0.4) is 0 Å². The molecule has 1 aliphatic heterocycles. The molecule has 0 aliphatic carbocycles. The fraction of sp³-hybridized carbons (Fsp3) is 0.273. The van der Waals surface area contributed by atoms with Crippen LogP contribution in [0.4, 0.5) is 4.39 Å². The largest absolute Gasteiger partial charge is 0.455 e. The second-order valence-corrected chi connectivity index (χ2v) is 7.66. The van der Waals surface area contributed by atoms with Gasteiger partial charge in [-0.3, -0.25) is 9.59 Å². The van der Waals surface area contributed by atoms with E-state index in [-0.39, 0.29) is 24.9 Å². The fourth-order valence-corrected chi connectivity index (χ4v) is 3.54. The lowest BCUT2D eigenvalue weighted by Crippen LogP contribution is -2.42. The first-order chi connectivity index (χ1) is 15.0. The number of esters is 1. The third-order valence-corrected chi connectivity index (χ3v) is 5.29. The molecule has 160 valence electrons. The third-order valence-electron chi connectivity index (χ3n) is 5.04. The van der Waals surface area contributed by atoms with Crippen LogP contribution in [0.1, 0.15) is 29.1 Å². The zero-order chi connectivity index (χ0) is 21.8. The quantitative estimate of drug-likeness (QED) is 0.551. The van der Waals surface area contributed by atoms with Crippen LogP contribution in [0.2, 0.25) is 5.02 Å². The lowest BCUT2D eigenvalue weighted by molar-refractivity contribution is -0.152. The summed E-state index contributed by atoms with van der Waals surface area (Å²) in [7, 11) is 0. The van der Waals surface area contributed by atoms with Crippen LogP contribution >= 0.6 is 11.6 Å². The Labute approximate surface area is 182 Å². The topological polar surface area (TPSA) is 85.5 Å². The molecule has 4 rings (SSSR count). The van der Waals surface area contributed by atoms with Crippen molar-refractivity contribution in [3.8, 4) is 11.4 Å². The van der Waals surface area contributed by atoms with Crippen molar-refractivity contribution in [2.24, 2.45) is 5.92 Å². The van der Waals surface area contributed by atoms with Crippen LogP contribution in [0.15, 0.2) is 53.1 Å². The number of hydrogen-bond donors (Lipinski definition) is 0. The van der Waals surface area contributed by atoms with E-state index < -0.39 is 17.7 Å². The smallest absolute Gasteiger partial charge is 0.311 e. The maximum absolute atomic E-state index is 13.1. The fourth-order valence-electron chi connectivity index (χ4n) is 3.41. The minimum atomic E-state index is -0.447. The summed E-state index contributed by atoms with van der Waals surface area (Å²) >= 11 is 5.87. The van der Waals surface area contributed by atoms with Gasteiger partial charge in [-0.15, -0.1) is 0 Å². The zero-order valence-electron chi connectivity index (χ0n) is 16.5. The Hall–Kier alpha value is -3.26. The highest BCUT2D eigenvalue weighted by molar-refractivity contribution is 6.30. The van der Waals surface area contributed by atoms with E-state index in [0.717, 1.165) is 5.56 Å². The Kier molecular flexibility index (Phi) is 6.27. The van der Waals surface area contributed by atoms with Crippen LogP contribution in [0.5, 0.6) is 0 Å². The van der Waals surface area contributed by atoms with E-state index >= 15 is 0 Å². The monoisotopic (exact) mass is 443 g/mol. The van der Waals surface area contributed by atoms with Crippen LogP contribution in [-0.4, -0.2) is 40.0 Å². The lowest BCUT2D eigenvalue weighted by Gasteiger charge is -2.31. The Balaban J connectivity index is 1.33. The molecule has 3 aromatic rings. The Morgan fingerprint density at radius 1 is 1.16 bits per heavy atom. The number of carbonyl (C=O) groups excluding carboxylic acids is 2. The first-order valence-corrected chi connectivity index (χ1v) is 10.2. The minimum Gasteiger partial charge on any atom is -0.455 e. The Morgan fingerprint density at radius 3 is 2.65 bits per heavy atom. The minimum absolute atomic E-state index is 0.151. The van der Waals surface area contributed by atoms with Gasteiger partial charge >= 0.3 is 5.97 Å². The van der Waals surface area contributed by atoms with Gasteiger partial charge in [0.05, 0.1) is 5.92 Å². The highest BCUT2D eigenvalue weighted by Crippen LogP contribution is 2.22. The number of ether oxygens (including phenoxy) is 1. The third kappa shape index (κ3) is 5.08. The van der Waals surface area contributed by atoms with E-state index in [2.05, 4.69) is 10.1 Å². The van der Waals surface area contributed by atoms with Crippen LogP contribution < -0.4 is 0 Å². The Morgan fingerprint density at radius 2 is 1.90 bits per heavy atom. The number of aromatic nitrogens is 2. The number of benzene rings is 2. The van der Waals surface area contributed by atoms with Crippen LogP contribution in [0.25, 0.3) is 11.4 Å². The molecule has 0 N–H and O–H groups in total. The number of halogens is 2. The maximum Gasteiger partial charge on any atom is 0.311 e. The van der Waals surface area contributed by atoms with E-state index in [9.17, 15) is 14.0 Å². The summed E-state index contributed by atoms with van der Waals surface area (Å²) in [5.41, 5.74) is 1.11. The summed E-state index contributed by atoms with van der Waals surface area (Å²) in [4.78, 5) is 31.0. The van der Waals surface area contributed by atoms with Gasteiger partial charge in [-0.25, -0.2) is 4.39 Å². The van der Waals surface area contributed by atoms with Crippen molar-refractivity contribution in [3.63, 3.8) is 0 Å². The van der Waals surface area contributed by atoms with Crippen molar-refractivity contribution in [1.29, 1.82) is 0 Å². The molecule has 1 atom stereocenters. The number of amides is 1. The summed E-state index contributed by atoms with van der Waals surface area (Å²) in [5, 5.41) is 4.48. The van der Waals surface area contributed by atoms with E-state index in [1.54, 1.807) is 29.2 Å². The van der Waals surface area contributed by atoms with Gasteiger partial charge in [0.15, 0.2) is 6.61 Å². The maximum atomic E-state index is 13.1. The van der Waals surface area contributed by atoms with E-state index in [0.29, 0.717) is 35.8 Å². The molecule has 31 heavy (non-hydrogen) atoms. The average Bonchev–Trinajstić information content (AvgIpc) is 3.27. The average molecular weight is 444 g/mol. The van der Waals surface area contributed by atoms with Gasteiger partial charge in [0.25, 0.3) is 11.8 Å². The van der Waals surface area contributed by atoms with Crippen molar-refractivity contribution in [3.05, 3.63) is 70.8 Å². The van der Waals surface area contributed by atoms with Gasteiger partial charge in [0.1, 0.15) is 5.82 Å². The molecule has 0 radical (unpaired) electrons. The molecule has 1 amide bonds. The van der Waals surface area contributed by atoms with E-state index in [1.807, 2.05) is 0 Å². The Bertz CT molecular complexity index is 1070. The molecule has 2 aromatic carbocycles. The molecule has 9 heteroatoms. The number of piperidine rings is 1. The summed E-state index contributed by atoms with van der Waals surface area (Å²) < 4.78 is 23.6. The first kappa shape index (κ1) is 21.0. The van der Waals surface area contributed by atoms with Crippen LogP contribution in [-0.2, 0) is 16.1 Å². The SMILES string of the molecule is O=C(OCc1nc(-c2ccc(Cl)cc2)no1)C1CCCN(C(=O)c2ccc(F)cc2)C1. The molecule has 1 aliphatic rings. The molecular formula is C22H19ClFN3O4. The predicted molar refractivity (Wildman–Crippen MR) is 110 cm³/mol. The molecule has 1 aromatic heterocycles. The van der Waals surface area contributed by atoms with E-state index in [1.165, 1.54) is 24.3 Å². The molecule has 1 saturated heterocycles. The van der Waals surface area contributed by atoms with Crippen molar-refractivity contribution >= 4 is 23.5 Å². The number of hydrogen-bond acceptors (Lipinski definition) is 6. The summed E-state index contributed by atoms with van der Waals surface area (Å²) in [6, 6.07) is 12.3. The normalized spacial score (nSPS) is 16.2. The molecular weight excluding hydrogens is 425 g/mol. The van der Waals surface area contributed by atoms with Gasteiger partial charge in [-0.05, 0) is 61.4 Å². The molecule has 0 bridgehead atoms. The number of likely N-dealkylation sites (tertiary alicyclic amines) is 1. The number of carbonyl (C=O) groups is 2. The van der Waals surface area contributed by atoms with Crippen molar-refractivity contribution in [2.75, 3.05) is 13.1 Å². The number of rotatable bonds is 5. The van der Waals surface area contributed by atoms with Crippen molar-refractivity contribution < 1.29 is 23.2 Å². The summed E-state index contributed by atoms with van der Waals surface area (Å²) in [6.45, 7) is 0.630. The molecule has 1 fully saturated rings.